The van der Waals surface area contributed by atoms with E-state index in [0.717, 1.165) is 27.9 Å². The van der Waals surface area contributed by atoms with Crippen molar-refractivity contribution >= 4 is 23.1 Å². The molecule has 4 rings (SSSR count). The minimum absolute atomic E-state index is 0.117. The minimum Gasteiger partial charge on any atom is -0.353 e. The van der Waals surface area contributed by atoms with Crippen LogP contribution in [0.25, 0.3) is 10.6 Å². The summed E-state index contributed by atoms with van der Waals surface area (Å²) >= 11 is 1.16. The fourth-order valence-electron chi connectivity index (χ4n) is 3.28. The summed E-state index contributed by atoms with van der Waals surface area (Å²) in [5, 5.41) is 3.94. The number of aryl methyl sites for hydroxylation is 1. The average Bonchev–Trinajstić information content (AvgIpc) is 3.35. The summed E-state index contributed by atoms with van der Waals surface area (Å²) in [6.07, 6.45) is -2.73. The van der Waals surface area contributed by atoms with Crippen LogP contribution in [0.4, 0.5) is 19.0 Å². The Morgan fingerprint density at radius 3 is 2.48 bits per heavy atom. The first-order valence-corrected chi connectivity index (χ1v) is 9.81. The van der Waals surface area contributed by atoms with Crippen molar-refractivity contribution < 1.29 is 18.0 Å². The fourth-order valence-corrected chi connectivity index (χ4v) is 4.21. The highest BCUT2D eigenvalue weighted by molar-refractivity contribution is 7.17. The first-order valence-electron chi connectivity index (χ1n) is 8.99. The standard InChI is InChI=1S/C19H18F3N5OS/c1-25-16(19(20,21)22)12-13(24-25)14-5-6-15(29-14)18(28)27-10-8-26(9-11-27)17-4-2-3-7-23-17/h2-7,12H,8-11H2,1H3. The molecular formula is C19H18F3N5OS. The number of rotatable bonds is 3. The molecule has 0 bridgehead atoms. The van der Waals surface area contributed by atoms with Crippen LogP contribution in [0.5, 0.6) is 0 Å². The molecule has 0 atom stereocenters. The molecule has 0 radical (unpaired) electrons. The van der Waals surface area contributed by atoms with Crippen LogP contribution in [0.2, 0.25) is 0 Å². The van der Waals surface area contributed by atoms with E-state index in [2.05, 4.69) is 15.0 Å². The molecule has 0 aliphatic carbocycles. The predicted molar refractivity (Wildman–Crippen MR) is 104 cm³/mol. The highest BCUT2D eigenvalue weighted by atomic mass is 32.1. The number of carbonyl (C=O) groups excluding carboxylic acids is 1. The average molecular weight is 421 g/mol. The highest BCUT2D eigenvalue weighted by Gasteiger charge is 2.35. The Hall–Kier alpha value is -2.88. The molecule has 6 nitrogen and oxygen atoms in total. The van der Waals surface area contributed by atoms with E-state index in [9.17, 15) is 18.0 Å². The zero-order valence-electron chi connectivity index (χ0n) is 15.6. The Morgan fingerprint density at radius 2 is 1.86 bits per heavy atom. The second-order valence-corrected chi connectivity index (χ2v) is 7.75. The van der Waals surface area contributed by atoms with Crippen LogP contribution in [-0.2, 0) is 13.2 Å². The maximum atomic E-state index is 13.0. The van der Waals surface area contributed by atoms with E-state index in [1.807, 2.05) is 18.2 Å². The van der Waals surface area contributed by atoms with Gasteiger partial charge in [0.1, 0.15) is 17.2 Å². The van der Waals surface area contributed by atoms with Crippen LogP contribution < -0.4 is 4.90 Å². The lowest BCUT2D eigenvalue weighted by Gasteiger charge is -2.35. The summed E-state index contributed by atoms with van der Waals surface area (Å²) in [5.41, 5.74) is -0.608. The van der Waals surface area contributed by atoms with Crippen molar-refractivity contribution in [1.82, 2.24) is 19.7 Å². The Kier molecular flexibility index (Phi) is 5.03. The number of hydrogen-bond donors (Lipinski definition) is 0. The highest BCUT2D eigenvalue weighted by Crippen LogP contribution is 2.34. The van der Waals surface area contributed by atoms with E-state index in [0.29, 0.717) is 35.9 Å². The summed E-state index contributed by atoms with van der Waals surface area (Å²) in [6.45, 7) is 2.47. The van der Waals surface area contributed by atoms with E-state index in [1.54, 1.807) is 23.2 Å². The van der Waals surface area contributed by atoms with E-state index < -0.39 is 11.9 Å². The molecule has 10 heteroatoms. The molecule has 152 valence electrons. The van der Waals surface area contributed by atoms with Crippen molar-refractivity contribution in [3.8, 4) is 10.6 Å². The largest absolute Gasteiger partial charge is 0.433 e. The zero-order valence-corrected chi connectivity index (χ0v) is 16.4. The molecule has 1 fully saturated rings. The van der Waals surface area contributed by atoms with Crippen LogP contribution in [-0.4, -0.2) is 51.8 Å². The fraction of sp³-hybridized carbons (Fsp3) is 0.316. The number of hydrogen-bond acceptors (Lipinski definition) is 5. The molecule has 1 aliphatic rings. The van der Waals surface area contributed by atoms with Gasteiger partial charge in [-0.1, -0.05) is 6.07 Å². The topological polar surface area (TPSA) is 54.3 Å². The lowest BCUT2D eigenvalue weighted by atomic mass is 10.2. The SMILES string of the molecule is Cn1nc(-c2ccc(C(=O)N3CCN(c4ccccn4)CC3)s2)cc1C(F)(F)F. The molecule has 1 saturated heterocycles. The minimum atomic E-state index is -4.47. The van der Waals surface area contributed by atoms with Crippen LogP contribution >= 0.6 is 11.3 Å². The molecule has 0 aromatic carbocycles. The molecule has 1 amide bonds. The van der Waals surface area contributed by atoms with Gasteiger partial charge in [-0.25, -0.2) is 4.98 Å². The monoisotopic (exact) mass is 421 g/mol. The Labute approximate surface area is 169 Å². The van der Waals surface area contributed by atoms with Gasteiger partial charge >= 0.3 is 6.18 Å². The maximum absolute atomic E-state index is 13.0. The third-order valence-electron chi connectivity index (χ3n) is 4.78. The number of piperazine rings is 1. The first-order chi connectivity index (χ1) is 13.8. The lowest BCUT2D eigenvalue weighted by molar-refractivity contribution is -0.143. The second kappa shape index (κ2) is 7.51. The van der Waals surface area contributed by atoms with Crippen LogP contribution in [0.1, 0.15) is 15.4 Å². The van der Waals surface area contributed by atoms with Gasteiger partial charge in [-0.3, -0.25) is 9.48 Å². The molecule has 1 aliphatic heterocycles. The van der Waals surface area contributed by atoms with Crippen molar-refractivity contribution in [1.29, 1.82) is 0 Å². The smallest absolute Gasteiger partial charge is 0.353 e. The number of thiophene rings is 1. The number of halogens is 3. The van der Waals surface area contributed by atoms with Gasteiger partial charge in [-0.15, -0.1) is 11.3 Å². The van der Waals surface area contributed by atoms with Crippen molar-refractivity contribution in [2.24, 2.45) is 7.05 Å². The third kappa shape index (κ3) is 3.98. The van der Waals surface area contributed by atoms with Crippen molar-refractivity contribution in [2.75, 3.05) is 31.1 Å². The van der Waals surface area contributed by atoms with E-state index in [4.69, 9.17) is 0 Å². The normalized spacial score (nSPS) is 15.0. The number of aromatic nitrogens is 3. The Balaban J connectivity index is 1.44. The Morgan fingerprint density at radius 1 is 1.10 bits per heavy atom. The van der Waals surface area contributed by atoms with Gasteiger partial charge < -0.3 is 9.80 Å². The van der Waals surface area contributed by atoms with Crippen LogP contribution in [0.15, 0.2) is 42.6 Å². The first kappa shape index (κ1) is 19.4. The maximum Gasteiger partial charge on any atom is 0.433 e. The number of pyridine rings is 1. The van der Waals surface area contributed by atoms with Gasteiger partial charge in [0.15, 0.2) is 0 Å². The van der Waals surface area contributed by atoms with Crippen LogP contribution in [0, 0.1) is 0 Å². The van der Waals surface area contributed by atoms with Crippen molar-refractivity contribution in [3.05, 3.63) is 53.2 Å². The summed E-state index contributed by atoms with van der Waals surface area (Å²) in [4.78, 5) is 22.0. The van der Waals surface area contributed by atoms with E-state index >= 15 is 0 Å². The van der Waals surface area contributed by atoms with Crippen molar-refractivity contribution in [2.45, 2.75) is 6.18 Å². The quantitative estimate of drug-likeness (QED) is 0.649. The molecule has 0 N–H and O–H groups in total. The number of alkyl halides is 3. The van der Waals surface area contributed by atoms with E-state index in [-0.39, 0.29) is 11.6 Å². The zero-order chi connectivity index (χ0) is 20.6. The van der Waals surface area contributed by atoms with Gasteiger partial charge in [-0.2, -0.15) is 18.3 Å². The number of amides is 1. The van der Waals surface area contributed by atoms with Gasteiger partial charge in [-0.05, 0) is 30.3 Å². The molecule has 0 unspecified atom stereocenters. The van der Waals surface area contributed by atoms with Crippen LogP contribution in [0.3, 0.4) is 0 Å². The molecular weight excluding hydrogens is 403 g/mol. The number of anilines is 1. The molecule has 29 heavy (non-hydrogen) atoms. The molecule has 0 spiro atoms. The second-order valence-electron chi connectivity index (χ2n) is 6.67. The number of carbonyl (C=O) groups is 1. The van der Waals surface area contributed by atoms with Gasteiger partial charge in [0.25, 0.3) is 5.91 Å². The third-order valence-corrected chi connectivity index (χ3v) is 5.88. The number of nitrogens with zero attached hydrogens (tertiary/aromatic N) is 5. The van der Waals surface area contributed by atoms with E-state index in [1.165, 1.54) is 7.05 Å². The molecule has 4 heterocycles. The molecule has 3 aromatic rings. The van der Waals surface area contributed by atoms with Crippen molar-refractivity contribution in [3.63, 3.8) is 0 Å². The summed E-state index contributed by atoms with van der Waals surface area (Å²) in [5.74, 6) is 0.766. The van der Waals surface area contributed by atoms with Gasteiger partial charge in [0.2, 0.25) is 0 Å². The summed E-state index contributed by atoms with van der Waals surface area (Å²) in [7, 11) is 1.26. The van der Waals surface area contributed by atoms with Gasteiger partial charge in [0, 0.05) is 39.4 Å². The molecule has 0 saturated carbocycles. The summed E-state index contributed by atoms with van der Waals surface area (Å²) < 4.78 is 39.8. The molecule has 3 aromatic heterocycles. The lowest BCUT2D eigenvalue weighted by Crippen LogP contribution is -2.48. The van der Waals surface area contributed by atoms with Gasteiger partial charge in [0.05, 0.1) is 9.75 Å². The summed E-state index contributed by atoms with van der Waals surface area (Å²) in [6, 6.07) is 10.0. The Bertz CT molecular complexity index is 1010. The predicted octanol–water partition coefficient (Wildman–Crippen LogP) is 3.52.